The van der Waals surface area contributed by atoms with E-state index in [2.05, 4.69) is 31.4 Å². The van der Waals surface area contributed by atoms with Gasteiger partial charge in [0, 0.05) is 12.6 Å². The van der Waals surface area contributed by atoms with E-state index >= 15 is 0 Å². The molecule has 5 nitrogen and oxygen atoms in total. The van der Waals surface area contributed by atoms with Crippen molar-refractivity contribution in [3.63, 3.8) is 0 Å². The first-order chi connectivity index (χ1) is 10.8. The van der Waals surface area contributed by atoms with Crippen molar-refractivity contribution in [2.24, 2.45) is 7.05 Å². The van der Waals surface area contributed by atoms with Crippen LogP contribution in [0.3, 0.4) is 0 Å². The molecule has 1 aromatic carbocycles. The number of hydrogen-bond donors (Lipinski definition) is 2. The summed E-state index contributed by atoms with van der Waals surface area (Å²) in [5.41, 5.74) is 1.92. The smallest absolute Gasteiger partial charge is 0.295 e. The molecule has 6 heteroatoms. The lowest BCUT2D eigenvalue weighted by molar-refractivity contribution is 0.448. The predicted octanol–water partition coefficient (Wildman–Crippen LogP) is 2.96. The Bertz CT molecular complexity index is 759. The van der Waals surface area contributed by atoms with Gasteiger partial charge in [0.15, 0.2) is 5.11 Å². The summed E-state index contributed by atoms with van der Waals surface area (Å²) < 4.78 is 3.46. The van der Waals surface area contributed by atoms with Gasteiger partial charge in [0.2, 0.25) is 0 Å². The number of thiocarbonyl (C=S) groups is 1. The van der Waals surface area contributed by atoms with Crippen LogP contribution in [0, 0.1) is 6.92 Å². The number of para-hydroxylation sites is 1. The molecule has 23 heavy (non-hydrogen) atoms. The standard InChI is InChI=1S/C17H24N4OS/c1-6-17(3,4)19-16(23)18-14-12(2)20(5)21(15(14)22)13-10-8-7-9-11-13/h7-11H,6H2,1-5H3,(H2,18,19,23). The summed E-state index contributed by atoms with van der Waals surface area (Å²) in [5, 5.41) is 6.77. The number of anilines is 1. The number of hydrogen-bond acceptors (Lipinski definition) is 2. The van der Waals surface area contributed by atoms with Gasteiger partial charge in [0.05, 0.1) is 11.4 Å². The van der Waals surface area contributed by atoms with Crippen molar-refractivity contribution in [3.8, 4) is 5.69 Å². The fraction of sp³-hybridized carbons (Fsp3) is 0.412. The van der Waals surface area contributed by atoms with Gasteiger partial charge < -0.3 is 10.6 Å². The largest absolute Gasteiger partial charge is 0.358 e. The van der Waals surface area contributed by atoms with Gasteiger partial charge >= 0.3 is 0 Å². The third kappa shape index (κ3) is 3.64. The molecule has 2 N–H and O–H groups in total. The zero-order valence-electron chi connectivity index (χ0n) is 14.3. The first kappa shape index (κ1) is 17.3. The normalized spacial score (nSPS) is 11.3. The lowest BCUT2D eigenvalue weighted by Crippen LogP contribution is -2.45. The molecular weight excluding hydrogens is 308 g/mol. The molecule has 0 unspecified atom stereocenters. The molecule has 0 saturated heterocycles. The Kier molecular flexibility index (Phi) is 4.94. The summed E-state index contributed by atoms with van der Waals surface area (Å²) in [6.45, 7) is 8.13. The van der Waals surface area contributed by atoms with Crippen LogP contribution in [0.1, 0.15) is 32.9 Å². The molecule has 0 fully saturated rings. The highest BCUT2D eigenvalue weighted by Crippen LogP contribution is 2.14. The molecule has 0 amide bonds. The van der Waals surface area contributed by atoms with E-state index in [9.17, 15) is 4.79 Å². The summed E-state index contributed by atoms with van der Waals surface area (Å²) in [6.07, 6.45) is 0.927. The number of nitrogens with zero attached hydrogens (tertiary/aromatic N) is 2. The number of rotatable bonds is 4. The van der Waals surface area contributed by atoms with Crippen molar-refractivity contribution in [1.29, 1.82) is 0 Å². The topological polar surface area (TPSA) is 51.0 Å². The summed E-state index contributed by atoms with van der Waals surface area (Å²) in [4.78, 5) is 12.8. The maximum absolute atomic E-state index is 12.8. The number of benzene rings is 1. The average Bonchev–Trinajstić information content (AvgIpc) is 2.71. The van der Waals surface area contributed by atoms with Crippen molar-refractivity contribution in [2.75, 3.05) is 5.32 Å². The molecule has 2 aromatic rings. The first-order valence-electron chi connectivity index (χ1n) is 7.70. The van der Waals surface area contributed by atoms with E-state index in [1.54, 1.807) is 4.68 Å². The molecule has 2 rings (SSSR count). The van der Waals surface area contributed by atoms with Gasteiger partial charge in [-0.2, -0.15) is 0 Å². The van der Waals surface area contributed by atoms with Crippen molar-refractivity contribution >= 4 is 23.0 Å². The van der Waals surface area contributed by atoms with Crippen LogP contribution in [-0.2, 0) is 7.05 Å². The number of nitrogens with one attached hydrogen (secondary N) is 2. The molecule has 0 aliphatic carbocycles. The molecule has 0 saturated carbocycles. The highest BCUT2D eigenvalue weighted by molar-refractivity contribution is 7.80. The summed E-state index contributed by atoms with van der Waals surface area (Å²) in [7, 11) is 1.86. The van der Waals surface area contributed by atoms with E-state index in [1.165, 1.54) is 0 Å². The van der Waals surface area contributed by atoms with Gasteiger partial charge in [0.1, 0.15) is 5.69 Å². The lowest BCUT2D eigenvalue weighted by atomic mass is 10.0. The minimum absolute atomic E-state index is 0.116. The van der Waals surface area contributed by atoms with Gasteiger partial charge in [-0.1, -0.05) is 25.1 Å². The third-order valence-electron chi connectivity index (χ3n) is 4.13. The van der Waals surface area contributed by atoms with Crippen molar-refractivity contribution in [3.05, 3.63) is 46.4 Å². The van der Waals surface area contributed by atoms with Gasteiger partial charge in [-0.3, -0.25) is 9.48 Å². The third-order valence-corrected chi connectivity index (χ3v) is 4.33. The van der Waals surface area contributed by atoms with Crippen LogP contribution in [0.15, 0.2) is 35.1 Å². The fourth-order valence-corrected chi connectivity index (χ4v) is 2.63. The molecule has 0 aliphatic rings. The molecule has 0 aliphatic heterocycles. The molecule has 0 bridgehead atoms. The second-order valence-corrected chi connectivity index (χ2v) is 6.66. The highest BCUT2D eigenvalue weighted by atomic mass is 32.1. The van der Waals surface area contributed by atoms with Gasteiger partial charge in [-0.25, -0.2) is 4.68 Å². The SMILES string of the molecule is CCC(C)(C)NC(=S)Nc1c(C)n(C)n(-c2ccccc2)c1=O. The van der Waals surface area contributed by atoms with Crippen LogP contribution < -0.4 is 16.2 Å². The van der Waals surface area contributed by atoms with Gasteiger partial charge in [-0.15, -0.1) is 0 Å². The zero-order chi connectivity index (χ0) is 17.2. The Hall–Kier alpha value is -2.08. The Labute approximate surface area is 142 Å². The van der Waals surface area contributed by atoms with E-state index in [0.29, 0.717) is 10.8 Å². The molecule has 0 radical (unpaired) electrons. The second-order valence-electron chi connectivity index (χ2n) is 6.25. The van der Waals surface area contributed by atoms with Crippen LogP contribution >= 0.6 is 12.2 Å². The Balaban J connectivity index is 2.35. The first-order valence-corrected chi connectivity index (χ1v) is 8.11. The molecule has 0 atom stereocenters. The van der Waals surface area contributed by atoms with Crippen LogP contribution in [0.2, 0.25) is 0 Å². The highest BCUT2D eigenvalue weighted by Gasteiger charge is 2.20. The predicted molar refractivity (Wildman–Crippen MR) is 99.5 cm³/mol. The van der Waals surface area contributed by atoms with Crippen LogP contribution in [0.4, 0.5) is 5.69 Å². The lowest BCUT2D eigenvalue weighted by Gasteiger charge is -2.26. The zero-order valence-corrected chi connectivity index (χ0v) is 15.1. The summed E-state index contributed by atoms with van der Waals surface area (Å²) >= 11 is 5.36. The molecule has 1 heterocycles. The summed E-state index contributed by atoms with van der Waals surface area (Å²) in [6, 6.07) is 9.55. The average molecular weight is 332 g/mol. The fourth-order valence-electron chi connectivity index (χ4n) is 2.25. The maximum Gasteiger partial charge on any atom is 0.295 e. The number of aromatic nitrogens is 2. The van der Waals surface area contributed by atoms with E-state index in [1.807, 2.05) is 49.0 Å². The van der Waals surface area contributed by atoms with Crippen LogP contribution in [-0.4, -0.2) is 20.0 Å². The minimum atomic E-state index is -0.120. The summed E-state index contributed by atoms with van der Waals surface area (Å²) in [5.74, 6) is 0. The minimum Gasteiger partial charge on any atom is -0.358 e. The Morgan fingerprint density at radius 3 is 2.43 bits per heavy atom. The Morgan fingerprint density at radius 2 is 1.87 bits per heavy atom. The quantitative estimate of drug-likeness (QED) is 0.845. The van der Waals surface area contributed by atoms with E-state index in [4.69, 9.17) is 12.2 Å². The van der Waals surface area contributed by atoms with Crippen molar-refractivity contribution in [2.45, 2.75) is 39.7 Å². The van der Waals surface area contributed by atoms with Gasteiger partial charge in [-0.05, 0) is 51.5 Å². The van der Waals surface area contributed by atoms with Crippen molar-refractivity contribution < 1.29 is 0 Å². The Morgan fingerprint density at radius 1 is 1.26 bits per heavy atom. The van der Waals surface area contributed by atoms with Crippen molar-refractivity contribution in [1.82, 2.24) is 14.7 Å². The maximum atomic E-state index is 12.8. The van der Waals surface area contributed by atoms with Gasteiger partial charge in [0.25, 0.3) is 5.56 Å². The molecule has 124 valence electrons. The van der Waals surface area contributed by atoms with E-state index in [-0.39, 0.29) is 11.1 Å². The van der Waals surface area contributed by atoms with E-state index in [0.717, 1.165) is 17.8 Å². The molecule has 1 aromatic heterocycles. The van der Waals surface area contributed by atoms with Crippen LogP contribution in [0.5, 0.6) is 0 Å². The van der Waals surface area contributed by atoms with Crippen LogP contribution in [0.25, 0.3) is 5.69 Å². The molecule has 0 spiro atoms. The molecular formula is C17H24N4OS. The second kappa shape index (κ2) is 6.58. The van der Waals surface area contributed by atoms with E-state index < -0.39 is 0 Å². The monoisotopic (exact) mass is 332 g/mol.